The van der Waals surface area contributed by atoms with Gasteiger partial charge in [-0.05, 0) is 38.0 Å². The van der Waals surface area contributed by atoms with E-state index in [1.165, 1.54) is 6.42 Å². The normalized spacial score (nSPS) is 26.8. The van der Waals surface area contributed by atoms with Gasteiger partial charge in [-0.25, -0.2) is 4.79 Å². The van der Waals surface area contributed by atoms with Crippen LogP contribution >= 0.6 is 0 Å². The summed E-state index contributed by atoms with van der Waals surface area (Å²) >= 11 is 0. The molecular weight excluding hydrogens is 272 g/mol. The molecule has 1 aliphatic carbocycles. The molecule has 0 bridgehead atoms. The van der Waals surface area contributed by atoms with Crippen molar-refractivity contribution in [2.24, 2.45) is 5.92 Å². The van der Waals surface area contributed by atoms with E-state index < -0.39 is 5.97 Å². The van der Waals surface area contributed by atoms with Crippen LogP contribution in [0, 0.1) is 5.92 Å². The van der Waals surface area contributed by atoms with Crippen molar-refractivity contribution in [3.63, 3.8) is 0 Å². The quantitative estimate of drug-likeness (QED) is 0.811. The maximum Gasteiger partial charge on any atom is 0.317 e. The van der Waals surface area contributed by atoms with Crippen molar-refractivity contribution in [1.29, 1.82) is 0 Å². The fourth-order valence-corrected chi connectivity index (χ4v) is 3.14. The van der Waals surface area contributed by atoms with Crippen LogP contribution in [0.3, 0.4) is 0 Å². The Labute approximate surface area is 125 Å². The third-order valence-corrected chi connectivity index (χ3v) is 4.42. The Morgan fingerprint density at radius 2 is 1.95 bits per heavy atom. The van der Waals surface area contributed by atoms with E-state index in [2.05, 4.69) is 12.2 Å². The van der Waals surface area contributed by atoms with Gasteiger partial charge in [0.25, 0.3) is 0 Å². The number of carbonyl (C=O) groups is 2. The van der Waals surface area contributed by atoms with E-state index in [0.29, 0.717) is 25.0 Å². The highest BCUT2D eigenvalue weighted by Crippen LogP contribution is 2.25. The lowest BCUT2D eigenvalue weighted by atomic mass is 10.1. The second-order valence-electron chi connectivity index (χ2n) is 6.27. The average molecular weight is 298 g/mol. The van der Waals surface area contributed by atoms with E-state index in [0.717, 1.165) is 25.7 Å². The molecule has 1 saturated carbocycles. The Morgan fingerprint density at radius 1 is 1.24 bits per heavy atom. The Balaban J connectivity index is 1.63. The lowest BCUT2D eigenvalue weighted by Gasteiger charge is -2.32. The molecule has 1 heterocycles. The number of urea groups is 1. The summed E-state index contributed by atoms with van der Waals surface area (Å²) in [7, 11) is 0. The molecule has 2 amide bonds. The van der Waals surface area contributed by atoms with Crippen LogP contribution in [0.1, 0.15) is 45.4 Å². The maximum absolute atomic E-state index is 12.2. The summed E-state index contributed by atoms with van der Waals surface area (Å²) in [4.78, 5) is 24.4. The molecule has 0 spiro atoms. The first-order valence-corrected chi connectivity index (χ1v) is 7.93. The minimum Gasteiger partial charge on any atom is -0.481 e. The van der Waals surface area contributed by atoms with Crippen LogP contribution < -0.4 is 5.32 Å². The molecule has 21 heavy (non-hydrogen) atoms. The van der Waals surface area contributed by atoms with Gasteiger partial charge in [0.2, 0.25) is 0 Å². The molecule has 1 saturated heterocycles. The third-order valence-electron chi connectivity index (χ3n) is 4.42. The highest BCUT2D eigenvalue weighted by molar-refractivity contribution is 5.74. The fraction of sp³-hybridized carbons (Fsp3) is 0.867. The molecule has 0 radical (unpaired) electrons. The van der Waals surface area contributed by atoms with E-state index >= 15 is 0 Å². The number of carboxylic acids is 1. The van der Waals surface area contributed by atoms with E-state index in [1.807, 2.05) is 4.90 Å². The Bertz CT molecular complexity index is 367. The first kappa shape index (κ1) is 16.1. The second-order valence-corrected chi connectivity index (χ2v) is 6.27. The van der Waals surface area contributed by atoms with Gasteiger partial charge in [0, 0.05) is 19.1 Å². The minimum atomic E-state index is -0.836. The number of piperidine rings is 1. The number of carbonyl (C=O) groups excluding carboxylic acids is 1. The van der Waals surface area contributed by atoms with Crippen LogP contribution in [0.5, 0.6) is 0 Å². The van der Waals surface area contributed by atoms with Crippen LogP contribution in [0.25, 0.3) is 0 Å². The molecule has 2 rings (SSSR count). The first-order chi connectivity index (χ1) is 10.0. The van der Waals surface area contributed by atoms with Gasteiger partial charge in [0.1, 0.15) is 0 Å². The van der Waals surface area contributed by atoms with Gasteiger partial charge < -0.3 is 20.1 Å². The number of hydrogen-bond donors (Lipinski definition) is 2. The molecule has 2 fully saturated rings. The van der Waals surface area contributed by atoms with Crippen molar-refractivity contribution in [3.05, 3.63) is 0 Å². The highest BCUT2D eigenvalue weighted by Gasteiger charge is 2.27. The van der Waals surface area contributed by atoms with Gasteiger partial charge >= 0.3 is 12.0 Å². The van der Waals surface area contributed by atoms with E-state index in [4.69, 9.17) is 9.84 Å². The number of carboxylic acid groups (broad SMARTS) is 1. The van der Waals surface area contributed by atoms with Crippen molar-refractivity contribution in [1.82, 2.24) is 10.2 Å². The molecule has 2 aliphatic rings. The lowest BCUT2D eigenvalue weighted by molar-refractivity contribution is -0.138. The molecule has 0 aromatic heterocycles. The minimum absolute atomic E-state index is 0.0399. The predicted molar refractivity (Wildman–Crippen MR) is 78.1 cm³/mol. The van der Waals surface area contributed by atoms with Crippen molar-refractivity contribution in [3.8, 4) is 0 Å². The SMILES string of the molecule is CC1CCC(NC(=O)N2CCC(OCCC(=O)O)CC2)C1. The monoisotopic (exact) mass is 298 g/mol. The number of ether oxygens (including phenoxy) is 1. The van der Waals surface area contributed by atoms with Crippen molar-refractivity contribution in [2.75, 3.05) is 19.7 Å². The standard InChI is InChI=1S/C15H26N2O4/c1-11-2-3-12(10-11)16-15(20)17-7-4-13(5-8-17)21-9-6-14(18)19/h11-13H,2-10H2,1H3,(H,16,20)(H,18,19). The number of aliphatic carboxylic acids is 1. The third kappa shape index (κ3) is 5.19. The average Bonchev–Trinajstić information content (AvgIpc) is 2.84. The summed E-state index contributed by atoms with van der Waals surface area (Å²) in [6, 6.07) is 0.370. The van der Waals surface area contributed by atoms with Crippen LogP contribution in [-0.4, -0.2) is 53.8 Å². The topological polar surface area (TPSA) is 78.9 Å². The number of nitrogens with zero attached hydrogens (tertiary/aromatic N) is 1. The number of amides is 2. The Morgan fingerprint density at radius 3 is 2.52 bits per heavy atom. The molecule has 6 nitrogen and oxygen atoms in total. The number of likely N-dealkylation sites (tertiary alicyclic amines) is 1. The van der Waals surface area contributed by atoms with Gasteiger partial charge in [-0.15, -0.1) is 0 Å². The van der Waals surface area contributed by atoms with Gasteiger partial charge in [-0.1, -0.05) is 6.92 Å². The predicted octanol–water partition coefficient (Wildman–Crippen LogP) is 1.84. The summed E-state index contributed by atoms with van der Waals surface area (Å²) in [5.74, 6) is -0.124. The van der Waals surface area contributed by atoms with Crippen LogP contribution in [0.15, 0.2) is 0 Å². The first-order valence-electron chi connectivity index (χ1n) is 7.93. The number of hydrogen-bond acceptors (Lipinski definition) is 3. The Kier molecular flexibility index (Phi) is 5.85. The number of nitrogens with one attached hydrogen (secondary N) is 1. The fourth-order valence-electron chi connectivity index (χ4n) is 3.14. The lowest BCUT2D eigenvalue weighted by Crippen LogP contribution is -2.48. The smallest absolute Gasteiger partial charge is 0.317 e. The zero-order valence-electron chi connectivity index (χ0n) is 12.7. The highest BCUT2D eigenvalue weighted by atomic mass is 16.5. The van der Waals surface area contributed by atoms with Gasteiger partial charge in [-0.3, -0.25) is 4.79 Å². The molecular formula is C15H26N2O4. The Hall–Kier alpha value is -1.30. The maximum atomic E-state index is 12.2. The molecule has 120 valence electrons. The largest absolute Gasteiger partial charge is 0.481 e. The second kappa shape index (κ2) is 7.64. The van der Waals surface area contributed by atoms with Crippen LogP contribution in [0.2, 0.25) is 0 Å². The van der Waals surface area contributed by atoms with Gasteiger partial charge in [-0.2, -0.15) is 0 Å². The number of rotatable bonds is 5. The van der Waals surface area contributed by atoms with Gasteiger partial charge in [0.05, 0.1) is 19.1 Å². The van der Waals surface area contributed by atoms with Crippen molar-refractivity contribution in [2.45, 2.75) is 57.6 Å². The summed E-state index contributed by atoms with van der Waals surface area (Å²) in [6.45, 7) is 3.86. The molecule has 2 unspecified atom stereocenters. The molecule has 2 atom stereocenters. The molecule has 1 aliphatic heterocycles. The molecule has 0 aromatic carbocycles. The van der Waals surface area contributed by atoms with Crippen molar-refractivity contribution >= 4 is 12.0 Å². The summed E-state index contributed by atoms with van der Waals surface area (Å²) in [6.07, 6.45) is 5.06. The summed E-state index contributed by atoms with van der Waals surface area (Å²) in [5.41, 5.74) is 0. The van der Waals surface area contributed by atoms with Crippen LogP contribution in [0.4, 0.5) is 4.79 Å². The van der Waals surface area contributed by atoms with Crippen LogP contribution in [-0.2, 0) is 9.53 Å². The molecule has 6 heteroatoms. The van der Waals surface area contributed by atoms with Gasteiger partial charge in [0.15, 0.2) is 0 Å². The molecule has 2 N–H and O–H groups in total. The summed E-state index contributed by atoms with van der Waals surface area (Å²) < 4.78 is 5.53. The molecule has 0 aromatic rings. The zero-order valence-corrected chi connectivity index (χ0v) is 12.7. The zero-order chi connectivity index (χ0) is 15.2. The summed E-state index contributed by atoms with van der Waals surface area (Å²) in [5, 5.41) is 11.7. The van der Waals surface area contributed by atoms with Crippen molar-refractivity contribution < 1.29 is 19.4 Å². The van der Waals surface area contributed by atoms with E-state index in [9.17, 15) is 9.59 Å². The van der Waals surface area contributed by atoms with E-state index in [1.54, 1.807) is 0 Å². The van der Waals surface area contributed by atoms with E-state index in [-0.39, 0.29) is 25.2 Å².